The number of nitrogens with zero attached hydrogens (tertiary/aromatic N) is 1. The molecule has 1 aromatic rings. The van der Waals surface area contributed by atoms with E-state index < -0.39 is 9.05 Å². The van der Waals surface area contributed by atoms with Gasteiger partial charge < -0.3 is 0 Å². The zero-order valence-corrected chi connectivity index (χ0v) is 8.06. The van der Waals surface area contributed by atoms with Crippen molar-refractivity contribution in [2.45, 2.75) is 12.7 Å². The Morgan fingerprint density at radius 2 is 2.17 bits per heavy atom. The summed E-state index contributed by atoms with van der Waals surface area (Å²) in [5, 5.41) is 0. The third kappa shape index (κ3) is 3.19. The molecule has 0 aliphatic heterocycles. The molecule has 0 aromatic carbocycles. The molecule has 66 valence electrons. The summed E-state index contributed by atoms with van der Waals surface area (Å²) < 4.78 is 21.2. The first-order valence-electron chi connectivity index (χ1n) is 3.31. The quantitative estimate of drug-likeness (QED) is 0.687. The lowest BCUT2D eigenvalue weighted by atomic mass is 10.3. The average Bonchev–Trinajstić information content (AvgIpc) is 1.91. The molecular formula is C7H8ClNO2S. The maximum Gasteiger partial charge on any atom is 0.238 e. The van der Waals surface area contributed by atoms with Gasteiger partial charge in [-0.1, -0.05) is 6.07 Å². The summed E-state index contributed by atoms with van der Waals surface area (Å²) in [6.45, 7) is 1.88. The van der Waals surface area contributed by atoms with Crippen molar-refractivity contribution in [3.05, 3.63) is 29.6 Å². The lowest BCUT2D eigenvalue weighted by Crippen LogP contribution is -1.97. The lowest BCUT2D eigenvalue weighted by molar-refractivity contribution is 0.608. The Hall–Kier alpha value is -0.610. The summed E-state index contributed by atoms with van der Waals surface area (Å²) in [5.41, 5.74) is 1.46. The fourth-order valence-corrected chi connectivity index (χ4v) is 1.62. The average molecular weight is 206 g/mol. The van der Waals surface area contributed by atoms with Crippen LogP contribution in [0, 0.1) is 6.92 Å². The second-order valence-corrected chi connectivity index (χ2v) is 5.29. The van der Waals surface area contributed by atoms with Crippen molar-refractivity contribution >= 4 is 19.7 Å². The topological polar surface area (TPSA) is 47.0 Å². The minimum absolute atomic E-state index is 0.213. The molecule has 0 saturated carbocycles. The van der Waals surface area contributed by atoms with Crippen LogP contribution in [0.3, 0.4) is 0 Å². The first-order valence-corrected chi connectivity index (χ1v) is 5.79. The van der Waals surface area contributed by atoms with Gasteiger partial charge in [0.15, 0.2) is 0 Å². The predicted octanol–water partition coefficient (Wildman–Crippen LogP) is 1.46. The van der Waals surface area contributed by atoms with Crippen molar-refractivity contribution in [1.82, 2.24) is 4.98 Å². The van der Waals surface area contributed by atoms with E-state index in [-0.39, 0.29) is 5.75 Å². The van der Waals surface area contributed by atoms with Gasteiger partial charge in [-0.15, -0.1) is 0 Å². The first-order chi connectivity index (χ1) is 5.47. The molecule has 5 heteroatoms. The van der Waals surface area contributed by atoms with Gasteiger partial charge in [-0.2, -0.15) is 0 Å². The number of aryl methyl sites for hydroxylation is 1. The number of aromatic nitrogens is 1. The van der Waals surface area contributed by atoms with Gasteiger partial charge in [0.2, 0.25) is 9.05 Å². The fourth-order valence-electron chi connectivity index (χ4n) is 0.760. The Labute approximate surface area is 75.8 Å². The van der Waals surface area contributed by atoms with E-state index in [1.807, 2.05) is 6.92 Å². The highest BCUT2D eigenvalue weighted by Gasteiger charge is 2.07. The second kappa shape index (κ2) is 3.41. The van der Waals surface area contributed by atoms with Crippen LogP contribution in [0.25, 0.3) is 0 Å². The van der Waals surface area contributed by atoms with Gasteiger partial charge in [0, 0.05) is 16.9 Å². The second-order valence-electron chi connectivity index (χ2n) is 2.51. The number of halogens is 1. The SMILES string of the molecule is Cc1ccc(CS(=O)(=O)Cl)nc1. The van der Waals surface area contributed by atoms with E-state index in [0.717, 1.165) is 5.56 Å². The van der Waals surface area contributed by atoms with E-state index in [2.05, 4.69) is 4.98 Å². The predicted molar refractivity (Wildman–Crippen MR) is 47.5 cm³/mol. The molecule has 3 nitrogen and oxygen atoms in total. The fraction of sp³-hybridized carbons (Fsp3) is 0.286. The Morgan fingerprint density at radius 1 is 1.50 bits per heavy atom. The van der Waals surface area contributed by atoms with E-state index in [1.165, 1.54) is 0 Å². The van der Waals surface area contributed by atoms with E-state index in [9.17, 15) is 8.42 Å². The summed E-state index contributed by atoms with van der Waals surface area (Å²) in [6.07, 6.45) is 1.61. The third-order valence-electron chi connectivity index (χ3n) is 1.29. The van der Waals surface area contributed by atoms with E-state index in [0.29, 0.717) is 5.69 Å². The maximum atomic E-state index is 10.6. The van der Waals surface area contributed by atoms with Crippen LogP contribution < -0.4 is 0 Å². The van der Waals surface area contributed by atoms with Gasteiger partial charge in [0.05, 0.1) is 5.69 Å². The summed E-state index contributed by atoms with van der Waals surface area (Å²) in [6, 6.07) is 3.44. The maximum absolute atomic E-state index is 10.6. The minimum atomic E-state index is -3.48. The molecule has 1 aromatic heterocycles. The molecule has 1 rings (SSSR count). The molecule has 1 heterocycles. The summed E-state index contributed by atoms with van der Waals surface area (Å²) in [5.74, 6) is -0.213. The zero-order chi connectivity index (χ0) is 9.19. The van der Waals surface area contributed by atoms with E-state index >= 15 is 0 Å². The summed E-state index contributed by atoms with van der Waals surface area (Å²) >= 11 is 0. The van der Waals surface area contributed by atoms with E-state index in [1.54, 1.807) is 18.3 Å². The Balaban J connectivity index is 2.85. The number of rotatable bonds is 2. The molecular weight excluding hydrogens is 198 g/mol. The molecule has 0 saturated heterocycles. The van der Waals surface area contributed by atoms with Crippen LogP contribution in [0.2, 0.25) is 0 Å². The molecule has 0 fully saturated rings. The molecule has 0 N–H and O–H groups in total. The Kier molecular flexibility index (Phi) is 2.69. The molecule has 12 heavy (non-hydrogen) atoms. The van der Waals surface area contributed by atoms with Crippen LogP contribution in [0.5, 0.6) is 0 Å². The monoisotopic (exact) mass is 205 g/mol. The van der Waals surface area contributed by atoms with Gasteiger partial charge in [-0.3, -0.25) is 4.98 Å². The molecule has 0 aliphatic carbocycles. The standard InChI is InChI=1S/C7H8ClNO2S/c1-6-2-3-7(9-4-6)5-12(8,10)11/h2-4H,5H2,1H3. The molecule has 0 radical (unpaired) electrons. The summed E-state index contributed by atoms with van der Waals surface area (Å²) in [7, 11) is 1.56. The van der Waals surface area contributed by atoms with Crippen molar-refractivity contribution in [2.24, 2.45) is 0 Å². The highest BCUT2D eigenvalue weighted by atomic mass is 35.7. The van der Waals surface area contributed by atoms with Crippen molar-refractivity contribution in [3.8, 4) is 0 Å². The first kappa shape index (κ1) is 9.48. The lowest BCUT2D eigenvalue weighted by Gasteiger charge is -1.96. The third-order valence-corrected chi connectivity index (χ3v) is 2.26. The van der Waals surface area contributed by atoms with Crippen LogP contribution in [0.15, 0.2) is 18.3 Å². The Morgan fingerprint density at radius 3 is 2.58 bits per heavy atom. The number of pyridine rings is 1. The van der Waals surface area contributed by atoms with Crippen molar-refractivity contribution in [2.75, 3.05) is 0 Å². The van der Waals surface area contributed by atoms with Gasteiger partial charge in [-0.25, -0.2) is 8.42 Å². The smallest absolute Gasteiger partial charge is 0.238 e. The molecule has 0 amide bonds. The normalized spacial score (nSPS) is 11.5. The molecule has 0 aliphatic rings. The van der Waals surface area contributed by atoms with Crippen molar-refractivity contribution in [3.63, 3.8) is 0 Å². The largest absolute Gasteiger partial charge is 0.260 e. The molecule has 0 bridgehead atoms. The Bertz CT molecular complexity index is 357. The van der Waals surface area contributed by atoms with Crippen LogP contribution in [0.4, 0.5) is 0 Å². The van der Waals surface area contributed by atoms with Crippen LogP contribution in [-0.4, -0.2) is 13.4 Å². The van der Waals surface area contributed by atoms with Crippen molar-refractivity contribution < 1.29 is 8.42 Å². The van der Waals surface area contributed by atoms with E-state index in [4.69, 9.17) is 10.7 Å². The highest BCUT2D eigenvalue weighted by Crippen LogP contribution is 2.07. The van der Waals surface area contributed by atoms with Gasteiger partial charge in [-0.05, 0) is 18.6 Å². The van der Waals surface area contributed by atoms with Gasteiger partial charge in [0.1, 0.15) is 5.75 Å². The number of hydrogen-bond donors (Lipinski definition) is 0. The zero-order valence-electron chi connectivity index (χ0n) is 6.49. The van der Waals surface area contributed by atoms with Crippen LogP contribution in [0.1, 0.15) is 11.3 Å². The number of hydrogen-bond acceptors (Lipinski definition) is 3. The van der Waals surface area contributed by atoms with Gasteiger partial charge in [0.25, 0.3) is 0 Å². The molecule has 0 atom stereocenters. The van der Waals surface area contributed by atoms with Crippen LogP contribution in [-0.2, 0) is 14.8 Å². The molecule has 0 unspecified atom stereocenters. The van der Waals surface area contributed by atoms with Crippen molar-refractivity contribution in [1.29, 1.82) is 0 Å². The summed E-state index contributed by atoms with van der Waals surface area (Å²) in [4.78, 5) is 3.90. The highest BCUT2D eigenvalue weighted by molar-refractivity contribution is 8.13. The molecule has 0 spiro atoms. The van der Waals surface area contributed by atoms with Crippen LogP contribution >= 0.6 is 10.7 Å². The minimum Gasteiger partial charge on any atom is -0.260 e. The van der Waals surface area contributed by atoms with Gasteiger partial charge >= 0.3 is 0 Å².